The summed E-state index contributed by atoms with van der Waals surface area (Å²) in [6, 6.07) is 0. The number of esters is 1. The van der Waals surface area contributed by atoms with Crippen molar-refractivity contribution in [1.82, 2.24) is 5.32 Å². The lowest BCUT2D eigenvalue weighted by atomic mass is 10.4. The lowest BCUT2D eigenvalue weighted by molar-refractivity contribution is -0.422. The van der Waals surface area contributed by atoms with Gasteiger partial charge in [-0.15, -0.1) is 11.8 Å². The van der Waals surface area contributed by atoms with Crippen molar-refractivity contribution >= 4 is 30.4 Å². The summed E-state index contributed by atoms with van der Waals surface area (Å²) in [5, 5.41) is 14.0. The van der Waals surface area contributed by atoms with Crippen molar-refractivity contribution in [2.75, 3.05) is 18.1 Å². The molecule has 96 valence electrons. The Morgan fingerprint density at radius 2 is 2.47 bits per heavy atom. The van der Waals surface area contributed by atoms with Crippen molar-refractivity contribution in [2.45, 2.75) is 19.4 Å². The fourth-order valence-electron chi connectivity index (χ4n) is 1.18. The number of ether oxygens (including phenoxy) is 1. The lowest BCUT2D eigenvalue weighted by Crippen LogP contribution is -2.28. The van der Waals surface area contributed by atoms with Crippen molar-refractivity contribution in [3.8, 4) is 0 Å². The molecule has 0 aromatic carbocycles. The van der Waals surface area contributed by atoms with Crippen molar-refractivity contribution in [1.29, 1.82) is 0 Å². The van der Waals surface area contributed by atoms with Gasteiger partial charge in [0, 0.05) is 18.1 Å². The number of carbonyl (C=O) groups excluding carboxylic acids is 1. The summed E-state index contributed by atoms with van der Waals surface area (Å²) in [6.45, 7) is 2.27. The Hall–Kier alpha value is -0.890. The summed E-state index contributed by atoms with van der Waals surface area (Å²) >= 11 is 5.22. The van der Waals surface area contributed by atoms with Crippen LogP contribution in [0.4, 0.5) is 0 Å². The SMILES string of the molecule is CC(CS)OC(=O)/C(=C1/NCCCS1)[N+](=O)[O-]. The molecule has 0 bridgehead atoms. The zero-order chi connectivity index (χ0) is 12.8. The summed E-state index contributed by atoms with van der Waals surface area (Å²) in [5.74, 6) is 0.176. The molecule has 0 aromatic heterocycles. The highest BCUT2D eigenvalue weighted by Gasteiger charge is 2.31. The van der Waals surface area contributed by atoms with Crippen LogP contribution >= 0.6 is 24.4 Å². The number of hydrogen-bond donors (Lipinski definition) is 2. The maximum atomic E-state index is 11.6. The van der Waals surface area contributed by atoms with E-state index in [4.69, 9.17) is 4.74 Å². The van der Waals surface area contributed by atoms with Gasteiger partial charge in [0.15, 0.2) is 5.03 Å². The van der Waals surface area contributed by atoms with E-state index in [2.05, 4.69) is 17.9 Å². The Morgan fingerprint density at radius 1 is 1.76 bits per heavy atom. The standard InChI is InChI=1S/C9H14N2O4S2/c1-6(5-16)15-9(12)7(11(13)14)8-10-3-2-4-17-8/h6,10,16H,2-5H2,1H3/b8-7+. The van der Waals surface area contributed by atoms with Crippen LogP contribution in [-0.2, 0) is 9.53 Å². The van der Waals surface area contributed by atoms with E-state index in [9.17, 15) is 14.9 Å². The second-order valence-corrected chi connectivity index (χ2v) is 4.93. The van der Waals surface area contributed by atoms with Gasteiger partial charge in [-0.25, -0.2) is 4.79 Å². The minimum Gasteiger partial charge on any atom is -0.454 e. The maximum absolute atomic E-state index is 11.6. The Labute approximate surface area is 109 Å². The molecule has 1 fully saturated rings. The first kappa shape index (κ1) is 14.2. The van der Waals surface area contributed by atoms with E-state index in [1.807, 2.05) is 0 Å². The first-order valence-electron chi connectivity index (χ1n) is 5.13. The van der Waals surface area contributed by atoms with Crippen molar-refractivity contribution in [2.24, 2.45) is 0 Å². The Kier molecular flexibility index (Phi) is 5.63. The quantitative estimate of drug-likeness (QED) is 0.263. The average molecular weight is 278 g/mol. The highest BCUT2D eigenvalue weighted by atomic mass is 32.2. The molecule has 8 heteroatoms. The molecule has 0 radical (unpaired) electrons. The second-order valence-electron chi connectivity index (χ2n) is 3.46. The highest BCUT2D eigenvalue weighted by Crippen LogP contribution is 2.23. The van der Waals surface area contributed by atoms with Crippen molar-refractivity contribution in [3.05, 3.63) is 20.8 Å². The molecule has 1 aliphatic heterocycles. The van der Waals surface area contributed by atoms with Crippen LogP contribution in [0.3, 0.4) is 0 Å². The number of nitrogens with zero attached hydrogens (tertiary/aromatic N) is 1. The summed E-state index contributed by atoms with van der Waals surface area (Å²) in [5.41, 5.74) is -0.511. The van der Waals surface area contributed by atoms with Gasteiger partial charge in [-0.1, -0.05) is 0 Å². The number of carbonyl (C=O) groups is 1. The van der Waals surface area contributed by atoms with Gasteiger partial charge in [-0.05, 0) is 13.3 Å². The van der Waals surface area contributed by atoms with Crippen LogP contribution in [0.2, 0.25) is 0 Å². The zero-order valence-corrected chi connectivity index (χ0v) is 11.1. The van der Waals surface area contributed by atoms with Gasteiger partial charge in [0.05, 0.1) is 4.92 Å². The van der Waals surface area contributed by atoms with Crippen LogP contribution in [0.15, 0.2) is 10.7 Å². The van der Waals surface area contributed by atoms with Crippen LogP contribution in [-0.4, -0.2) is 35.0 Å². The largest absolute Gasteiger partial charge is 0.454 e. The molecule has 1 saturated heterocycles. The summed E-state index contributed by atoms with van der Waals surface area (Å²) in [7, 11) is 0. The normalized spacial score (nSPS) is 20.1. The van der Waals surface area contributed by atoms with Crippen LogP contribution in [0.25, 0.3) is 0 Å². The predicted octanol–water partition coefficient (Wildman–Crippen LogP) is 1.02. The fourth-order valence-corrected chi connectivity index (χ4v) is 2.24. The van der Waals surface area contributed by atoms with Crippen molar-refractivity contribution < 1.29 is 14.5 Å². The van der Waals surface area contributed by atoms with Gasteiger partial charge in [-0.3, -0.25) is 10.1 Å². The number of nitro groups is 1. The van der Waals surface area contributed by atoms with Crippen LogP contribution < -0.4 is 5.32 Å². The molecule has 6 nitrogen and oxygen atoms in total. The van der Waals surface area contributed by atoms with Crippen LogP contribution in [0, 0.1) is 10.1 Å². The van der Waals surface area contributed by atoms with E-state index in [-0.39, 0.29) is 5.03 Å². The molecule has 1 N–H and O–H groups in total. The van der Waals surface area contributed by atoms with Gasteiger partial charge in [0.1, 0.15) is 6.10 Å². The Bertz CT molecular complexity index is 338. The first-order valence-corrected chi connectivity index (χ1v) is 6.75. The monoisotopic (exact) mass is 278 g/mol. The highest BCUT2D eigenvalue weighted by molar-refractivity contribution is 8.03. The molecule has 1 heterocycles. The number of thiol groups is 1. The zero-order valence-electron chi connectivity index (χ0n) is 9.34. The smallest absolute Gasteiger partial charge is 0.413 e. The van der Waals surface area contributed by atoms with E-state index in [1.165, 1.54) is 11.8 Å². The minimum atomic E-state index is -0.909. The second kappa shape index (κ2) is 6.75. The maximum Gasteiger partial charge on any atom is 0.413 e. The summed E-state index contributed by atoms with van der Waals surface area (Å²) in [4.78, 5) is 21.8. The van der Waals surface area contributed by atoms with Crippen LogP contribution in [0.1, 0.15) is 13.3 Å². The molecule has 17 heavy (non-hydrogen) atoms. The third-order valence-electron chi connectivity index (χ3n) is 2.01. The molecular formula is C9H14N2O4S2. The van der Waals surface area contributed by atoms with E-state index >= 15 is 0 Å². The van der Waals surface area contributed by atoms with E-state index in [1.54, 1.807) is 6.92 Å². The Balaban J connectivity index is 2.84. The van der Waals surface area contributed by atoms with Gasteiger partial charge in [0.2, 0.25) is 0 Å². The van der Waals surface area contributed by atoms with E-state index in [0.29, 0.717) is 12.3 Å². The van der Waals surface area contributed by atoms with Gasteiger partial charge in [0.25, 0.3) is 0 Å². The number of nitrogens with one attached hydrogen (secondary N) is 1. The molecule has 0 aliphatic carbocycles. The number of rotatable bonds is 4. The molecular weight excluding hydrogens is 264 g/mol. The average Bonchev–Trinajstić information content (AvgIpc) is 2.29. The molecule has 1 atom stereocenters. The summed E-state index contributed by atoms with van der Waals surface area (Å²) < 4.78 is 4.91. The molecule has 1 aliphatic rings. The topological polar surface area (TPSA) is 81.5 Å². The Morgan fingerprint density at radius 3 is 2.94 bits per heavy atom. The molecule has 0 aromatic rings. The van der Waals surface area contributed by atoms with Gasteiger partial charge >= 0.3 is 11.7 Å². The van der Waals surface area contributed by atoms with Gasteiger partial charge < -0.3 is 10.1 Å². The molecule has 1 unspecified atom stereocenters. The summed E-state index contributed by atoms with van der Waals surface area (Å²) in [6.07, 6.45) is 0.469. The third kappa shape index (κ3) is 4.12. The van der Waals surface area contributed by atoms with E-state index in [0.717, 1.165) is 12.2 Å². The molecule has 0 spiro atoms. The van der Waals surface area contributed by atoms with Gasteiger partial charge in [-0.2, -0.15) is 12.6 Å². The predicted molar refractivity (Wildman–Crippen MR) is 68.5 cm³/mol. The molecule has 1 rings (SSSR count). The number of thioether (sulfide) groups is 1. The molecule has 0 amide bonds. The first-order chi connectivity index (χ1) is 8.06. The van der Waals surface area contributed by atoms with Crippen molar-refractivity contribution in [3.63, 3.8) is 0 Å². The van der Waals surface area contributed by atoms with E-state index < -0.39 is 22.7 Å². The third-order valence-corrected chi connectivity index (χ3v) is 3.64. The minimum absolute atomic E-state index is 0.289. The fraction of sp³-hybridized carbons (Fsp3) is 0.667. The lowest BCUT2D eigenvalue weighted by Gasteiger charge is -2.16. The number of hydrogen-bond acceptors (Lipinski definition) is 7. The van der Waals surface area contributed by atoms with Crippen LogP contribution in [0.5, 0.6) is 0 Å². The molecule has 0 saturated carbocycles.